The number of hydrogen-bond donors (Lipinski definition) is 2. The van der Waals surface area contributed by atoms with Crippen molar-refractivity contribution in [3.63, 3.8) is 0 Å². The zero-order valence-electron chi connectivity index (χ0n) is 17.1. The number of hydrogen-bond acceptors (Lipinski definition) is 6. The number of rotatable bonds is 10. The Labute approximate surface area is 181 Å². The molecule has 164 valence electrons. The number of carbonyl (C=O) groups is 3. The topological polar surface area (TPSA) is 119 Å². The van der Waals surface area contributed by atoms with Crippen LogP contribution >= 0.6 is 0 Å². The number of benzene rings is 2. The highest BCUT2D eigenvalue weighted by Gasteiger charge is 2.44. The van der Waals surface area contributed by atoms with Crippen molar-refractivity contribution in [3.8, 4) is 0 Å². The van der Waals surface area contributed by atoms with Crippen LogP contribution in [-0.2, 0) is 29.8 Å². The lowest BCUT2D eigenvalue weighted by Crippen LogP contribution is -2.37. The van der Waals surface area contributed by atoms with E-state index in [1.165, 1.54) is 31.2 Å². The predicted molar refractivity (Wildman–Crippen MR) is 113 cm³/mol. The smallest absolute Gasteiger partial charge is 0.321 e. The minimum Gasteiger partial charge on any atom is -0.455 e. The van der Waals surface area contributed by atoms with E-state index in [-0.39, 0.29) is 16.1 Å². The quantitative estimate of drug-likeness (QED) is 0.424. The Morgan fingerprint density at radius 1 is 1.00 bits per heavy atom. The summed E-state index contributed by atoms with van der Waals surface area (Å²) in [5.41, 5.74) is 1.48. The molecule has 1 saturated carbocycles. The molecular weight excluding hydrogens is 420 g/mol. The van der Waals surface area contributed by atoms with Gasteiger partial charge in [0.05, 0.1) is 4.90 Å². The average molecular weight is 445 g/mol. The molecule has 8 nitrogen and oxygen atoms in total. The molecule has 1 aliphatic carbocycles. The van der Waals surface area contributed by atoms with E-state index in [0.717, 1.165) is 18.4 Å². The van der Waals surface area contributed by atoms with E-state index in [4.69, 9.17) is 4.74 Å². The standard InChI is InChI=1S/C22H24N2O6S/c1-16(25)17-7-9-19(10-8-17)31(28,29)24-13-21(27)30-14-20(26)23-15-22(11-12-22)18-5-3-2-4-6-18/h2-10,24H,11-15H2,1H3,(H,23,26). The number of ether oxygens (including phenoxy) is 1. The van der Waals surface area contributed by atoms with Crippen LogP contribution in [0.2, 0.25) is 0 Å². The van der Waals surface area contributed by atoms with Crippen LogP contribution in [0.5, 0.6) is 0 Å². The fourth-order valence-corrected chi connectivity index (χ4v) is 4.10. The molecule has 0 bridgehead atoms. The van der Waals surface area contributed by atoms with Gasteiger partial charge in [0.2, 0.25) is 10.0 Å². The highest BCUT2D eigenvalue weighted by molar-refractivity contribution is 7.89. The highest BCUT2D eigenvalue weighted by Crippen LogP contribution is 2.47. The predicted octanol–water partition coefficient (Wildman–Crippen LogP) is 1.56. The second kappa shape index (κ2) is 9.40. The summed E-state index contributed by atoms with van der Waals surface area (Å²) in [6.45, 7) is 0.729. The Hall–Kier alpha value is -3.04. The van der Waals surface area contributed by atoms with Crippen molar-refractivity contribution in [3.05, 3.63) is 65.7 Å². The van der Waals surface area contributed by atoms with Crippen LogP contribution in [0.4, 0.5) is 0 Å². The molecule has 0 aromatic heterocycles. The Balaban J connectivity index is 1.41. The zero-order chi connectivity index (χ0) is 22.5. The van der Waals surface area contributed by atoms with Crippen molar-refractivity contribution in [2.24, 2.45) is 0 Å². The maximum absolute atomic E-state index is 12.2. The van der Waals surface area contributed by atoms with Crippen LogP contribution in [0.15, 0.2) is 59.5 Å². The van der Waals surface area contributed by atoms with Gasteiger partial charge in [0.25, 0.3) is 5.91 Å². The van der Waals surface area contributed by atoms with Crippen molar-refractivity contribution in [1.82, 2.24) is 10.0 Å². The van der Waals surface area contributed by atoms with E-state index >= 15 is 0 Å². The zero-order valence-corrected chi connectivity index (χ0v) is 17.9. The summed E-state index contributed by atoms with van der Waals surface area (Å²) in [6, 6.07) is 15.2. The van der Waals surface area contributed by atoms with Crippen LogP contribution in [0.3, 0.4) is 0 Å². The molecule has 0 atom stereocenters. The molecule has 3 rings (SSSR count). The van der Waals surface area contributed by atoms with Gasteiger partial charge in [-0.25, -0.2) is 8.42 Å². The first-order valence-corrected chi connectivity index (χ1v) is 11.3. The molecule has 1 aliphatic rings. The Morgan fingerprint density at radius 3 is 2.23 bits per heavy atom. The third-order valence-corrected chi connectivity index (χ3v) is 6.62. The van der Waals surface area contributed by atoms with Gasteiger partial charge < -0.3 is 10.1 Å². The summed E-state index contributed by atoms with van der Waals surface area (Å²) in [5.74, 6) is -1.50. The fourth-order valence-electron chi connectivity index (χ4n) is 3.13. The number of carbonyl (C=O) groups excluding carboxylic acids is 3. The molecule has 2 N–H and O–H groups in total. The van der Waals surface area contributed by atoms with Gasteiger partial charge >= 0.3 is 5.97 Å². The van der Waals surface area contributed by atoms with Gasteiger partial charge in [0, 0.05) is 17.5 Å². The summed E-state index contributed by atoms with van der Waals surface area (Å²) >= 11 is 0. The number of sulfonamides is 1. The largest absolute Gasteiger partial charge is 0.455 e. The molecule has 0 unspecified atom stereocenters. The van der Waals surface area contributed by atoms with Gasteiger partial charge in [-0.05, 0) is 37.5 Å². The van der Waals surface area contributed by atoms with Crippen LogP contribution in [0, 0.1) is 0 Å². The third kappa shape index (κ3) is 5.99. The first kappa shape index (κ1) is 22.6. The van der Waals surface area contributed by atoms with E-state index in [9.17, 15) is 22.8 Å². The lowest BCUT2D eigenvalue weighted by Gasteiger charge is -2.16. The Morgan fingerprint density at radius 2 is 1.65 bits per heavy atom. The molecule has 0 saturated heterocycles. The molecule has 0 radical (unpaired) electrons. The number of Topliss-reactive ketones (excluding diaryl/α,β-unsaturated/α-hetero) is 1. The van der Waals surface area contributed by atoms with Crippen LogP contribution in [0.25, 0.3) is 0 Å². The molecule has 2 aromatic rings. The number of amides is 1. The molecule has 0 aliphatic heterocycles. The third-order valence-electron chi connectivity index (χ3n) is 5.21. The monoisotopic (exact) mass is 444 g/mol. The summed E-state index contributed by atoms with van der Waals surface area (Å²) in [6.07, 6.45) is 1.96. The minimum absolute atomic E-state index is 0.0610. The highest BCUT2D eigenvalue weighted by atomic mass is 32.2. The lowest BCUT2D eigenvalue weighted by atomic mass is 9.96. The van der Waals surface area contributed by atoms with E-state index < -0.39 is 35.1 Å². The van der Waals surface area contributed by atoms with Crippen molar-refractivity contribution >= 4 is 27.7 Å². The van der Waals surface area contributed by atoms with Crippen LogP contribution < -0.4 is 10.0 Å². The maximum atomic E-state index is 12.2. The summed E-state index contributed by atoms with van der Waals surface area (Å²) in [4.78, 5) is 35.0. The second-order valence-electron chi connectivity index (χ2n) is 7.49. The lowest BCUT2D eigenvalue weighted by molar-refractivity contribution is -0.147. The van der Waals surface area contributed by atoms with E-state index in [1.54, 1.807) is 0 Å². The first-order valence-electron chi connectivity index (χ1n) is 9.80. The fraction of sp³-hybridized carbons (Fsp3) is 0.318. The molecular formula is C22H24N2O6S. The summed E-state index contributed by atoms with van der Waals surface area (Å²) in [7, 11) is -3.95. The molecule has 9 heteroatoms. The SMILES string of the molecule is CC(=O)c1ccc(S(=O)(=O)NCC(=O)OCC(=O)NCC2(c3ccccc3)CC2)cc1. The minimum atomic E-state index is -3.95. The number of ketones is 1. The summed E-state index contributed by atoms with van der Waals surface area (Å²) < 4.78 is 31.4. The van der Waals surface area contributed by atoms with Crippen LogP contribution in [0.1, 0.15) is 35.7 Å². The summed E-state index contributed by atoms with van der Waals surface area (Å²) in [5, 5.41) is 2.77. The van der Waals surface area contributed by atoms with Crippen molar-refractivity contribution in [2.75, 3.05) is 19.7 Å². The molecule has 31 heavy (non-hydrogen) atoms. The van der Waals surface area contributed by atoms with Gasteiger partial charge in [-0.2, -0.15) is 4.72 Å². The van der Waals surface area contributed by atoms with Crippen molar-refractivity contribution in [2.45, 2.75) is 30.1 Å². The Kier molecular flexibility index (Phi) is 6.87. The van der Waals surface area contributed by atoms with Crippen molar-refractivity contribution < 1.29 is 27.5 Å². The maximum Gasteiger partial charge on any atom is 0.321 e. The van der Waals surface area contributed by atoms with Gasteiger partial charge in [-0.3, -0.25) is 14.4 Å². The normalized spacial score (nSPS) is 14.5. The molecule has 0 heterocycles. The average Bonchev–Trinajstić information content (AvgIpc) is 3.57. The van der Waals surface area contributed by atoms with Crippen LogP contribution in [-0.4, -0.2) is 45.8 Å². The van der Waals surface area contributed by atoms with E-state index in [2.05, 4.69) is 10.0 Å². The molecule has 1 amide bonds. The van der Waals surface area contributed by atoms with Crippen molar-refractivity contribution in [1.29, 1.82) is 0 Å². The molecule has 1 fully saturated rings. The molecule has 0 spiro atoms. The first-order chi connectivity index (χ1) is 14.7. The van der Waals surface area contributed by atoms with Gasteiger partial charge in [-0.1, -0.05) is 42.5 Å². The second-order valence-corrected chi connectivity index (χ2v) is 9.26. The van der Waals surface area contributed by atoms with Gasteiger partial charge in [0.15, 0.2) is 12.4 Å². The van der Waals surface area contributed by atoms with Gasteiger partial charge in [-0.15, -0.1) is 0 Å². The van der Waals surface area contributed by atoms with E-state index in [1.807, 2.05) is 30.3 Å². The van der Waals surface area contributed by atoms with Gasteiger partial charge in [0.1, 0.15) is 6.54 Å². The Bertz CT molecular complexity index is 1060. The number of nitrogens with one attached hydrogen (secondary N) is 2. The molecule has 2 aromatic carbocycles. The van der Waals surface area contributed by atoms with E-state index in [0.29, 0.717) is 12.1 Å². The number of esters is 1.